The second kappa shape index (κ2) is 8.11. The lowest BCUT2D eigenvalue weighted by molar-refractivity contribution is -0.124. The summed E-state index contributed by atoms with van der Waals surface area (Å²) in [5, 5.41) is 7.40. The van der Waals surface area contributed by atoms with Crippen LogP contribution in [0.15, 0.2) is 23.3 Å². The third-order valence-electron chi connectivity index (χ3n) is 3.55. The van der Waals surface area contributed by atoms with E-state index < -0.39 is 0 Å². The quantitative estimate of drug-likeness (QED) is 0.631. The summed E-state index contributed by atoms with van der Waals surface area (Å²) in [6, 6.07) is 5.30. The van der Waals surface area contributed by atoms with Crippen LogP contribution in [0.1, 0.15) is 46.1 Å². The molecule has 0 fully saturated rings. The number of hydrazone groups is 1. The van der Waals surface area contributed by atoms with E-state index in [0.29, 0.717) is 10.7 Å². The normalized spacial score (nSPS) is 12.0. The van der Waals surface area contributed by atoms with Crippen molar-refractivity contribution in [2.24, 2.45) is 10.5 Å². The number of carbonyl (C=O) groups is 2. The summed E-state index contributed by atoms with van der Waals surface area (Å²) >= 11 is 6.00. The molecular weight excluding hydrogens is 314 g/mol. The Hall–Kier alpha value is -1.88. The number of amides is 2. The van der Waals surface area contributed by atoms with Gasteiger partial charge < -0.3 is 5.32 Å². The third-order valence-corrected chi connectivity index (χ3v) is 3.96. The number of rotatable bonds is 5. The van der Waals surface area contributed by atoms with Crippen LogP contribution in [-0.2, 0) is 9.59 Å². The second-order valence-corrected chi connectivity index (χ2v) is 6.85. The van der Waals surface area contributed by atoms with Crippen LogP contribution in [0.5, 0.6) is 0 Å². The van der Waals surface area contributed by atoms with Crippen LogP contribution in [0.2, 0.25) is 5.02 Å². The van der Waals surface area contributed by atoms with Crippen LogP contribution < -0.4 is 10.7 Å². The lowest BCUT2D eigenvalue weighted by Crippen LogP contribution is -2.25. The van der Waals surface area contributed by atoms with Gasteiger partial charge >= 0.3 is 0 Å². The van der Waals surface area contributed by atoms with E-state index in [1.165, 1.54) is 0 Å². The van der Waals surface area contributed by atoms with E-state index in [1.807, 2.05) is 34.6 Å². The lowest BCUT2D eigenvalue weighted by Gasteiger charge is -2.17. The zero-order chi connectivity index (χ0) is 17.6. The Morgan fingerprint density at radius 1 is 1.17 bits per heavy atom. The average Bonchev–Trinajstić information content (AvgIpc) is 2.46. The maximum Gasteiger partial charge on any atom is 0.240 e. The van der Waals surface area contributed by atoms with Gasteiger partial charge in [-0.3, -0.25) is 9.59 Å². The van der Waals surface area contributed by atoms with Gasteiger partial charge in [0.25, 0.3) is 0 Å². The summed E-state index contributed by atoms with van der Waals surface area (Å²) in [6.07, 6.45) is 0.161. The molecule has 0 aliphatic heterocycles. The van der Waals surface area contributed by atoms with Gasteiger partial charge in [-0.25, -0.2) is 5.43 Å². The van der Waals surface area contributed by atoms with Crippen molar-refractivity contribution in [3.8, 4) is 0 Å². The molecule has 1 rings (SSSR count). The minimum absolute atomic E-state index is 0.0758. The van der Waals surface area contributed by atoms with Crippen molar-refractivity contribution in [3.05, 3.63) is 28.8 Å². The first-order valence-corrected chi connectivity index (χ1v) is 7.87. The van der Waals surface area contributed by atoms with Crippen LogP contribution in [-0.4, -0.2) is 17.5 Å². The minimum Gasteiger partial charge on any atom is -0.326 e. The number of benzene rings is 1. The predicted octanol–water partition coefficient (Wildman–Crippen LogP) is 3.91. The number of nitrogens with one attached hydrogen (secondary N) is 2. The Bertz CT molecular complexity index is 619. The third kappa shape index (κ3) is 6.40. The molecule has 1 aromatic carbocycles. The summed E-state index contributed by atoms with van der Waals surface area (Å²) in [7, 11) is 0. The molecule has 0 heterocycles. The fourth-order valence-electron chi connectivity index (χ4n) is 1.55. The van der Waals surface area contributed by atoms with Crippen molar-refractivity contribution >= 4 is 34.8 Å². The molecule has 5 nitrogen and oxygen atoms in total. The number of halogens is 1. The van der Waals surface area contributed by atoms with Gasteiger partial charge in [0.15, 0.2) is 0 Å². The maximum absolute atomic E-state index is 11.9. The molecule has 0 saturated heterocycles. The smallest absolute Gasteiger partial charge is 0.240 e. The average molecular weight is 338 g/mol. The summed E-state index contributed by atoms with van der Waals surface area (Å²) in [4.78, 5) is 23.6. The molecule has 6 heteroatoms. The molecule has 2 N–H and O–H groups in total. The van der Waals surface area contributed by atoms with Gasteiger partial charge in [0.05, 0.1) is 0 Å². The zero-order valence-electron chi connectivity index (χ0n) is 14.3. The van der Waals surface area contributed by atoms with Crippen LogP contribution in [0.3, 0.4) is 0 Å². The lowest BCUT2D eigenvalue weighted by atomic mass is 9.91. The van der Waals surface area contributed by atoms with E-state index in [-0.39, 0.29) is 30.1 Å². The standard InChI is InChI=1S/C17H24ClN3O2/c1-11-13(18)7-6-8-14(11)19-15(22)9-10-16(23)21-20-12(2)17(3,4)5/h6-8H,9-10H2,1-5H3,(H,19,22)(H,21,23). The van der Waals surface area contributed by atoms with Gasteiger partial charge in [-0.15, -0.1) is 0 Å². The van der Waals surface area contributed by atoms with Crippen molar-refractivity contribution in [1.82, 2.24) is 5.43 Å². The van der Waals surface area contributed by atoms with E-state index in [0.717, 1.165) is 11.3 Å². The van der Waals surface area contributed by atoms with Crippen molar-refractivity contribution in [3.63, 3.8) is 0 Å². The first kappa shape index (κ1) is 19.2. The summed E-state index contributed by atoms with van der Waals surface area (Å²) in [5.41, 5.74) is 4.66. The molecule has 0 saturated carbocycles. The molecule has 0 spiro atoms. The molecule has 0 radical (unpaired) electrons. The topological polar surface area (TPSA) is 70.6 Å². The van der Waals surface area contributed by atoms with Gasteiger partial charge in [-0.1, -0.05) is 38.4 Å². The molecule has 0 bridgehead atoms. The highest BCUT2D eigenvalue weighted by Gasteiger charge is 2.15. The number of hydrogen-bond donors (Lipinski definition) is 2. The van der Waals surface area contributed by atoms with Crippen LogP contribution in [0.4, 0.5) is 5.69 Å². The fraction of sp³-hybridized carbons (Fsp3) is 0.471. The van der Waals surface area contributed by atoms with Crippen molar-refractivity contribution in [1.29, 1.82) is 0 Å². The highest BCUT2D eigenvalue weighted by molar-refractivity contribution is 6.31. The predicted molar refractivity (Wildman–Crippen MR) is 94.8 cm³/mol. The fourth-order valence-corrected chi connectivity index (χ4v) is 1.73. The Morgan fingerprint density at radius 2 is 1.78 bits per heavy atom. The molecule has 2 amide bonds. The van der Waals surface area contributed by atoms with E-state index >= 15 is 0 Å². The van der Waals surface area contributed by atoms with Gasteiger partial charge in [-0.05, 0) is 31.5 Å². The molecule has 0 aliphatic carbocycles. The summed E-state index contributed by atoms with van der Waals surface area (Å²) in [6.45, 7) is 9.72. The molecule has 0 aromatic heterocycles. The van der Waals surface area contributed by atoms with Gasteiger partial charge in [0, 0.05) is 34.7 Å². The Morgan fingerprint density at radius 3 is 2.39 bits per heavy atom. The monoisotopic (exact) mass is 337 g/mol. The van der Waals surface area contributed by atoms with Crippen LogP contribution in [0.25, 0.3) is 0 Å². The number of anilines is 1. The molecule has 23 heavy (non-hydrogen) atoms. The number of carbonyl (C=O) groups excluding carboxylic acids is 2. The Labute approximate surface area is 142 Å². The first-order valence-electron chi connectivity index (χ1n) is 7.50. The van der Waals surface area contributed by atoms with E-state index in [9.17, 15) is 9.59 Å². The van der Waals surface area contributed by atoms with E-state index in [1.54, 1.807) is 18.2 Å². The largest absolute Gasteiger partial charge is 0.326 e. The highest BCUT2D eigenvalue weighted by atomic mass is 35.5. The van der Waals surface area contributed by atoms with Crippen LogP contribution >= 0.6 is 11.6 Å². The SMILES string of the molecule is CC(=NNC(=O)CCC(=O)Nc1cccc(Cl)c1C)C(C)(C)C. The molecular formula is C17H24ClN3O2. The van der Waals surface area contributed by atoms with Crippen molar-refractivity contribution in [2.45, 2.75) is 47.5 Å². The molecule has 0 atom stereocenters. The van der Waals surface area contributed by atoms with E-state index in [4.69, 9.17) is 11.6 Å². The molecule has 0 aliphatic rings. The van der Waals surface area contributed by atoms with Gasteiger partial charge in [-0.2, -0.15) is 5.10 Å². The van der Waals surface area contributed by atoms with Crippen molar-refractivity contribution in [2.75, 3.05) is 5.32 Å². The van der Waals surface area contributed by atoms with E-state index in [2.05, 4.69) is 15.8 Å². The Kier molecular flexibility index (Phi) is 6.76. The summed E-state index contributed by atoms with van der Waals surface area (Å²) < 4.78 is 0. The summed E-state index contributed by atoms with van der Waals surface area (Å²) in [5.74, 6) is -0.520. The number of hydrogen-bond acceptors (Lipinski definition) is 3. The second-order valence-electron chi connectivity index (χ2n) is 6.44. The van der Waals surface area contributed by atoms with Crippen LogP contribution in [0, 0.1) is 12.3 Å². The Balaban J connectivity index is 2.47. The molecule has 1 aromatic rings. The molecule has 126 valence electrons. The zero-order valence-corrected chi connectivity index (χ0v) is 15.0. The first-order chi connectivity index (χ1) is 10.6. The molecule has 0 unspecified atom stereocenters. The highest BCUT2D eigenvalue weighted by Crippen LogP contribution is 2.23. The van der Waals surface area contributed by atoms with Crippen molar-refractivity contribution < 1.29 is 9.59 Å². The maximum atomic E-state index is 11.9. The van der Waals surface area contributed by atoms with Gasteiger partial charge in [0.2, 0.25) is 11.8 Å². The minimum atomic E-state index is -0.286. The number of nitrogens with zero attached hydrogens (tertiary/aromatic N) is 1. The van der Waals surface area contributed by atoms with Gasteiger partial charge in [0.1, 0.15) is 0 Å².